The van der Waals surface area contributed by atoms with Crippen molar-refractivity contribution in [2.24, 2.45) is 0 Å². The Kier molecular flexibility index (Phi) is 12.3. The highest BCUT2D eigenvalue weighted by Gasteiger charge is 2.41. The first-order chi connectivity index (χ1) is 22.0. The summed E-state index contributed by atoms with van der Waals surface area (Å²) in [4.78, 5) is 58.9. The van der Waals surface area contributed by atoms with Crippen LogP contribution in [0.15, 0.2) is 66.9 Å². The van der Waals surface area contributed by atoms with E-state index >= 15 is 0 Å². The summed E-state index contributed by atoms with van der Waals surface area (Å²) in [6.45, 7) is 5.24. The summed E-state index contributed by atoms with van der Waals surface area (Å²) < 4.78 is 5.77. The van der Waals surface area contributed by atoms with Crippen molar-refractivity contribution in [3.63, 3.8) is 0 Å². The molecule has 246 valence electrons. The Labute approximate surface area is 277 Å². The minimum Gasteiger partial charge on any atom is -0.483 e. The van der Waals surface area contributed by atoms with Crippen molar-refractivity contribution in [3.8, 4) is 5.75 Å². The van der Waals surface area contributed by atoms with Crippen LogP contribution in [0.4, 0.5) is 0 Å². The highest BCUT2D eigenvalue weighted by molar-refractivity contribution is 7.99. The second-order valence-corrected chi connectivity index (χ2v) is 13.9. The van der Waals surface area contributed by atoms with Crippen molar-refractivity contribution < 1.29 is 29.0 Å². The van der Waals surface area contributed by atoms with E-state index in [9.17, 15) is 24.3 Å². The van der Waals surface area contributed by atoms with E-state index in [0.717, 1.165) is 16.5 Å². The molecule has 1 aliphatic heterocycles. The number of carbonyl (C=O) groups is 4. The fourth-order valence-corrected chi connectivity index (χ4v) is 6.73. The number of pyridine rings is 1. The van der Waals surface area contributed by atoms with Gasteiger partial charge in [0.1, 0.15) is 17.8 Å². The number of aromatic nitrogens is 1. The molecular formula is C33H41N5O6S2. The van der Waals surface area contributed by atoms with Crippen LogP contribution in [-0.4, -0.2) is 98.6 Å². The standard InChI is InChI=1S/C33H41N5O6S2/c1-33(2,3)37-31(42)26-19-46-20-38(26)32(43)29(40)24(16-21-10-6-5-7-11-21)36-30(41)25(18-45-4)35-28(39)17-44-27-14-8-13-23-22(27)12-9-15-34-23/h5-15,24-26,29,40H,16-20H2,1-4H3,(H,35,39)(H,36,41)(H,37,42)/t24-,25-,26-,29-/m0/s1. The van der Waals surface area contributed by atoms with E-state index in [4.69, 9.17) is 4.74 Å². The van der Waals surface area contributed by atoms with E-state index in [1.807, 2.05) is 63.2 Å². The monoisotopic (exact) mass is 667 g/mol. The van der Waals surface area contributed by atoms with Crippen LogP contribution in [0, 0.1) is 0 Å². The number of ether oxygens (including phenoxy) is 1. The Balaban J connectivity index is 1.46. The first-order valence-corrected chi connectivity index (χ1v) is 17.5. The molecule has 1 aliphatic rings. The SMILES string of the molecule is CSC[C@H](NC(=O)COc1cccc2ncccc12)C(=O)N[C@@H](Cc1ccccc1)[C@H](O)C(=O)N1CSC[C@H]1C(=O)NC(C)(C)C. The van der Waals surface area contributed by atoms with Gasteiger partial charge in [0, 0.05) is 28.6 Å². The quantitative estimate of drug-likeness (QED) is 0.216. The van der Waals surface area contributed by atoms with Gasteiger partial charge in [-0.15, -0.1) is 11.8 Å². The molecule has 11 nitrogen and oxygen atoms in total. The van der Waals surface area contributed by atoms with Crippen molar-refractivity contribution in [2.75, 3.05) is 30.2 Å². The number of aliphatic hydroxyl groups is 1. The molecule has 0 bridgehead atoms. The second-order valence-electron chi connectivity index (χ2n) is 12.0. The minimum absolute atomic E-state index is 0.150. The number of aliphatic hydroxyl groups excluding tert-OH is 1. The highest BCUT2D eigenvalue weighted by Crippen LogP contribution is 2.25. The van der Waals surface area contributed by atoms with Gasteiger partial charge in [0.05, 0.1) is 17.4 Å². The van der Waals surface area contributed by atoms with Crippen LogP contribution >= 0.6 is 23.5 Å². The van der Waals surface area contributed by atoms with E-state index in [2.05, 4.69) is 20.9 Å². The van der Waals surface area contributed by atoms with E-state index in [1.165, 1.54) is 28.4 Å². The average Bonchev–Trinajstić information content (AvgIpc) is 3.53. The molecule has 13 heteroatoms. The lowest BCUT2D eigenvalue weighted by molar-refractivity contribution is -0.147. The molecular weight excluding hydrogens is 627 g/mol. The van der Waals surface area contributed by atoms with E-state index in [0.29, 0.717) is 11.5 Å². The van der Waals surface area contributed by atoms with Gasteiger partial charge in [-0.1, -0.05) is 36.4 Å². The van der Waals surface area contributed by atoms with E-state index in [-0.39, 0.29) is 30.6 Å². The van der Waals surface area contributed by atoms with Gasteiger partial charge >= 0.3 is 0 Å². The molecule has 0 saturated carbocycles. The predicted molar refractivity (Wildman–Crippen MR) is 181 cm³/mol. The molecule has 46 heavy (non-hydrogen) atoms. The Bertz CT molecular complexity index is 1510. The van der Waals surface area contributed by atoms with E-state index in [1.54, 1.807) is 30.7 Å². The average molecular weight is 668 g/mol. The summed E-state index contributed by atoms with van der Waals surface area (Å²) in [6, 6.07) is 15.4. The number of fused-ring (bicyclic) bond motifs is 1. The topological polar surface area (TPSA) is 150 Å². The molecule has 0 spiro atoms. The Morgan fingerprint density at radius 3 is 2.54 bits per heavy atom. The lowest BCUT2D eigenvalue weighted by atomic mass is 9.99. The van der Waals surface area contributed by atoms with Crippen molar-refractivity contribution in [1.29, 1.82) is 0 Å². The maximum atomic E-state index is 13.7. The number of hydrogen-bond acceptors (Lipinski definition) is 9. The smallest absolute Gasteiger partial charge is 0.258 e. The molecule has 2 aromatic carbocycles. The van der Waals surface area contributed by atoms with Gasteiger partial charge in [-0.3, -0.25) is 24.2 Å². The summed E-state index contributed by atoms with van der Waals surface area (Å²) in [7, 11) is 0. The Morgan fingerprint density at radius 1 is 1.07 bits per heavy atom. The van der Waals surface area contributed by atoms with Crippen LogP contribution in [0.3, 0.4) is 0 Å². The Morgan fingerprint density at radius 2 is 1.83 bits per heavy atom. The molecule has 2 heterocycles. The number of nitrogens with zero attached hydrogens (tertiary/aromatic N) is 2. The predicted octanol–water partition coefficient (Wildman–Crippen LogP) is 2.37. The summed E-state index contributed by atoms with van der Waals surface area (Å²) in [6.07, 6.45) is 1.99. The summed E-state index contributed by atoms with van der Waals surface area (Å²) >= 11 is 2.78. The molecule has 0 aliphatic carbocycles. The van der Waals surface area contributed by atoms with Gasteiger partial charge in [0.2, 0.25) is 11.8 Å². The number of hydrogen-bond donors (Lipinski definition) is 4. The molecule has 1 saturated heterocycles. The fourth-order valence-electron chi connectivity index (χ4n) is 4.99. The third kappa shape index (κ3) is 9.60. The number of thioether (sulfide) groups is 2. The molecule has 3 aromatic rings. The number of rotatable bonds is 13. The van der Waals surface area contributed by atoms with Gasteiger partial charge in [-0.2, -0.15) is 11.8 Å². The second kappa shape index (κ2) is 16.1. The van der Waals surface area contributed by atoms with Crippen LogP contribution < -0.4 is 20.7 Å². The molecule has 4 N–H and O–H groups in total. The number of benzene rings is 2. The summed E-state index contributed by atoms with van der Waals surface area (Å²) in [5.74, 6) is -0.635. The number of nitrogens with one attached hydrogen (secondary N) is 3. The first kappa shape index (κ1) is 35.1. The van der Waals surface area contributed by atoms with Gasteiger partial charge in [0.15, 0.2) is 12.7 Å². The van der Waals surface area contributed by atoms with Crippen LogP contribution in [0.5, 0.6) is 5.75 Å². The molecule has 0 unspecified atom stereocenters. The van der Waals surface area contributed by atoms with Crippen molar-refractivity contribution in [1.82, 2.24) is 25.8 Å². The van der Waals surface area contributed by atoms with Gasteiger partial charge in [-0.05, 0) is 63.3 Å². The van der Waals surface area contributed by atoms with Crippen LogP contribution in [-0.2, 0) is 25.6 Å². The zero-order valence-corrected chi connectivity index (χ0v) is 28.0. The third-order valence-electron chi connectivity index (χ3n) is 7.18. The molecule has 1 fully saturated rings. The third-order valence-corrected chi connectivity index (χ3v) is 8.85. The first-order valence-electron chi connectivity index (χ1n) is 14.9. The highest BCUT2D eigenvalue weighted by atomic mass is 32.2. The lowest BCUT2D eigenvalue weighted by Crippen LogP contribution is -2.59. The maximum absolute atomic E-state index is 13.7. The largest absolute Gasteiger partial charge is 0.483 e. The molecule has 4 atom stereocenters. The zero-order valence-electron chi connectivity index (χ0n) is 26.4. The number of carbonyl (C=O) groups excluding carboxylic acids is 4. The zero-order chi connectivity index (χ0) is 33.3. The molecule has 4 amide bonds. The van der Waals surface area contributed by atoms with E-state index < -0.39 is 47.5 Å². The van der Waals surface area contributed by atoms with Crippen molar-refractivity contribution in [2.45, 2.75) is 57.0 Å². The molecule has 0 radical (unpaired) electrons. The maximum Gasteiger partial charge on any atom is 0.258 e. The van der Waals surface area contributed by atoms with Crippen LogP contribution in [0.25, 0.3) is 10.9 Å². The normalized spacial score (nSPS) is 16.7. The number of amides is 4. The van der Waals surface area contributed by atoms with Gasteiger partial charge in [0.25, 0.3) is 11.8 Å². The summed E-state index contributed by atoms with van der Waals surface area (Å²) in [5, 5.41) is 20.6. The molecule has 1 aromatic heterocycles. The van der Waals surface area contributed by atoms with Crippen LogP contribution in [0.1, 0.15) is 26.3 Å². The van der Waals surface area contributed by atoms with Crippen LogP contribution in [0.2, 0.25) is 0 Å². The Hall–Kier alpha value is -3.81. The summed E-state index contributed by atoms with van der Waals surface area (Å²) in [5.41, 5.74) is 1.03. The van der Waals surface area contributed by atoms with Gasteiger partial charge in [-0.25, -0.2) is 0 Å². The fraction of sp³-hybridized carbons (Fsp3) is 0.424. The van der Waals surface area contributed by atoms with Crippen molar-refractivity contribution >= 4 is 58.1 Å². The lowest BCUT2D eigenvalue weighted by Gasteiger charge is -2.32. The van der Waals surface area contributed by atoms with Gasteiger partial charge < -0.3 is 30.7 Å². The molecule has 4 rings (SSSR count). The van der Waals surface area contributed by atoms with Crippen molar-refractivity contribution in [3.05, 3.63) is 72.4 Å². The minimum atomic E-state index is -1.64.